The van der Waals surface area contributed by atoms with Crippen LogP contribution in [0.2, 0.25) is 0 Å². The Balaban J connectivity index is 1.39. The summed E-state index contributed by atoms with van der Waals surface area (Å²) in [5.74, 6) is 1.73. The Kier molecular flexibility index (Phi) is 8.60. The molecule has 5 N–H and O–H groups in total. The lowest BCUT2D eigenvalue weighted by Gasteiger charge is -2.25. The predicted octanol–water partition coefficient (Wildman–Crippen LogP) is 2.72. The van der Waals surface area contributed by atoms with Crippen LogP contribution in [0.25, 0.3) is 11.2 Å². The number of halogens is 1. The van der Waals surface area contributed by atoms with Gasteiger partial charge in [-0.15, -0.1) is 6.42 Å². The number of nitrogens with zero attached hydrogens (tertiary/aromatic N) is 4. The third-order valence-electron chi connectivity index (χ3n) is 6.71. The van der Waals surface area contributed by atoms with E-state index in [0.717, 1.165) is 12.8 Å². The van der Waals surface area contributed by atoms with E-state index in [0.29, 0.717) is 11.3 Å². The quantitative estimate of drug-likeness (QED) is 0.132. The highest BCUT2D eigenvalue weighted by atomic mass is 31.2. The van der Waals surface area contributed by atoms with E-state index >= 15 is 4.39 Å². The van der Waals surface area contributed by atoms with Crippen LogP contribution in [0.1, 0.15) is 39.8 Å². The van der Waals surface area contributed by atoms with Crippen molar-refractivity contribution in [1.82, 2.24) is 24.6 Å². The van der Waals surface area contributed by atoms with Crippen molar-refractivity contribution in [3.8, 4) is 18.1 Å². The zero-order chi connectivity index (χ0) is 30.9. The van der Waals surface area contributed by atoms with Crippen molar-refractivity contribution < 1.29 is 37.4 Å². The molecule has 0 spiro atoms. The monoisotopic (exact) mass is 617 g/mol. The van der Waals surface area contributed by atoms with Gasteiger partial charge in [-0.25, -0.2) is 13.9 Å². The fraction of sp³-hybridized carbons (Fsp3) is 0.481. The summed E-state index contributed by atoms with van der Waals surface area (Å²) in [6.45, 7) is 4.10. The second-order valence-electron chi connectivity index (χ2n) is 10.6. The molecule has 1 aromatic carbocycles. The Labute approximate surface area is 247 Å². The van der Waals surface area contributed by atoms with E-state index in [9.17, 15) is 14.5 Å². The third-order valence-corrected chi connectivity index (χ3v) is 8.35. The first-order chi connectivity index (χ1) is 20.4. The molecule has 3 heterocycles. The van der Waals surface area contributed by atoms with Crippen molar-refractivity contribution >= 4 is 36.6 Å². The number of hydrogen-bond donors (Lipinski definition) is 4. The average molecular weight is 618 g/mol. The number of aliphatic hydroxyl groups excluding tert-OH is 1. The zero-order valence-electron chi connectivity index (χ0n) is 23.7. The van der Waals surface area contributed by atoms with Crippen LogP contribution in [-0.2, 0) is 23.4 Å². The van der Waals surface area contributed by atoms with Gasteiger partial charge < -0.3 is 30.2 Å². The van der Waals surface area contributed by atoms with Gasteiger partial charge >= 0.3 is 13.7 Å². The van der Waals surface area contributed by atoms with Crippen LogP contribution in [-0.4, -0.2) is 73.3 Å². The van der Waals surface area contributed by atoms with Gasteiger partial charge in [0.1, 0.15) is 24.0 Å². The minimum absolute atomic E-state index is 0.0869. The number of nitrogens with two attached hydrogens (primary N) is 1. The molecule has 0 radical (unpaired) electrons. The molecule has 1 aliphatic heterocycles. The number of hydrogen-bond acceptors (Lipinski definition) is 12. The summed E-state index contributed by atoms with van der Waals surface area (Å²) < 4.78 is 53.6. The molecule has 14 nitrogen and oxygen atoms in total. The maximum Gasteiger partial charge on any atom is 0.459 e. The number of aromatic nitrogens is 4. The van der Waals surface area contributed by atoms with E-state index in [-0.39, 0.29) is 23.4 Å². The molecule has 1 saturated carbocycles. The molecule has 3 aromatic rings. The number of nitrogens with one attached hydrogen (secondary N) is 2. The number of alkyl halides is 1. The number of carbonyl (C=O) groups excluding carboxylic acids is 1. The van der Waals surface area contributed by atoms with E-state index in [1.54, 1.807) is 32.0 Å². The SMILES string of the molecule is C#C[C@@]1(F)[C@H](O)[C@@H](COP(=O)(N[C@H](C)C(=O)OC(C)C)Oc2ccccc2)O[C@H]1n1cnc2c(NC3CC3)nc(N)nc21. The van der Waals surface area contributed by atoms with Gasteiger partial charge in [0.05, 0.1) is 19.0 Å². The minimum atomic E-state index is -4.34. The Morgan fingerprint density at radius 2 is 2.05 bits per heavy atom. The molecule has 2 aromatic heterocycles. The van der Waals surface area contributed by atoms with Gasteiger partial charge in [-0.2, -0.15) is 15.1 Å². The number of terminal acetylenes is 1. The van der Waals surface area contributed by atoms with Crippen molar-refractivity contribution in [3.05, 3.63) is 36.7 Å². The van der Waals surface area contributed by atoms with Gasteiger partial charge in [-0.05, 0) is 45.7 Å². The predicted molar refractivity (Wildman–Crippen MR) is 153 cm³/mol. The summed E-state index contributed by atoms with van der Waals surface area (Å²) in [6, 6.07) is 7.17. The van der Waals surface area contributed by atoms with E-state index in [1.807, 2.05) is 5.92 Å². The number of aliphatic hydroxyl groups is 1. The fourth-order valence-corrected chi connectivity index (χ4v) is 5.95. The van der Waals surface area contributed by atoms with Crippen LogP contribution in [0.15, 0.2) is 36.7 Å². The molecular formula is C27H33FN7O7P. The fourth-order valence-electron chi connectivity index (χ4n) is 4.44. The van der Waals surface area contributed by atoms with Crippen LogP contribution < -0.4 is 20.7 Å². The van der Waals surface area contributed by atoms with Gasteiger partial charge in [-0.3, -0.25) is 13.9 Å². The standard InChI is InChI=1S/C27H33FN7O7P/c1-5-27(28)21(36)19(41-25(27)35-14-30-20-22(31-17-11-12-17)32-26(29)33-23(20)35)13-39-43(38,42-18-9-7-6-8-10-18)34-16(4)24(37)40-15(2)3/h1,6-10,14-17,19,21,25,36H,11-13H2,2-4H3,(H,34,38)(H3,29,31,32,33)/t16-,19-,21-,25-,27-,43?/m1/s1. The lowest BCUT2D eigenvalue weighted by Crippen LogP contribution is -2.42. The number of ether oxygens (including phenoxy) is 2. The van der Waals surface area contributed by atoms with Crippen molar-refractivity contribution in [2.24, 2.45) is 0 Å². The number of para-hydroxylation sites is 1. The van der Waals surface area contributed by atoms with Crippen molar-refractivity contribution in [3.63, 3.8) is 0 Å². The first-order valence-corrected chi connectivity index (χ1v) is 15.2. The normalized spacial score (nSPS) is 25.7. The molecule has 1 unspecified atom stereocenters. The second kappa shape index (κ2) is 12.1. The molecule has 5 rings (SSSR count). The zero-order valence-corrected chi connectivity index (χ0v) is 24.6. The molecule has 16 heteroatoms. The van der Waals surface area contributed by atoms with E-state index in [4.69, 9.17) is 30.7 Å². The number of nitrogen functional groups attached to an aromatic ring is 1. The Bertz CT molecular complexity index is 1560. The summed E-state index contributed by atoms with van der Waals surface area (Å²) in [4.78, 5) is 25.1. The van der Waals surface area contributed by atoms with Crippen LogP contribution in [0.4, 0.5) is 16.2 Å². The number of esters is 1. The third kappa shape index (κ3) is 6.58. The van der Waals surface area contributed by atoms with E-state index < -0.39 is 56.6 Å². The summed E-state index contributed by atoms with van der Waals surface area (Å²) in [5.41, 5.74) is 3.58. The molecular weight excluding hydrogens is 584 g/mol. The number of carbonyl (C=O) groups is 1. The second-order valence-corrected chi connectivity index (χ2v) is 12.3. The van der Waals surface area contributed by atoms with E-state index in [1.165, 1.54) is 30.0 Å². The van der Waals surface area contributed by atoms with Crippen LogP contribution in [0.3, 0.4) is 0 Å². The molecule has 6 atom stereocenters. The Morgan fingerprint density at radius 3 is 2.70 bits per heavy atom. The van der Waals surface area contributed by atoms with Crippen molar-refractivity contribution in [1.29, 1.82) is 0 Å². The first-order valence-electron chi connectivity index (χ1n) is 13.7. The molecule has 2 aliphatic rings. The highest BCUT2D eigenvalue weighted by Crippen LogP contribution is 2.48. The molecule has 0 amide bonds. The molecule has 1 aliphatic carbocycles. The number of rotatable bonds is 12. The van der Waals surface area contributed by atoms with Crippen molar-refractivity contribution in [2.45, 2.75) is 75.9 Å². The molecule has 230 valence electrons. The summed E-state index contributed by atoms with van der Waals surface area (Å²) >= 11 is 0. The molecule has 43 heavy (non-hydrogen) atoms. The lowest BCUT2D eigenvalue weighted by molar-refractivity contribution is -0.149. The largest absolute Gasteiger partial charge is 0.462 e. The first kappa shape index (κ1) is 30.7. The smallest absolute Gasteiger partial charge is 0.459 e. The molecule has 1 saturated heterocycles. The molecule has 2 fully saturated rings. The molecule has 0 bridgehead atoms. The summed E-state index contributed by atoms with van der Waals surface area (Å²) in [7, 11) is -4.34. The lowest BCUT2D eigenvalue weighted by atomic mass is 9.97. The van der Waals surface area contributed by atoms with E-state index in [2.05, 4.69) is 25.4 Å². The Morgan fingerprint density at radius 1 is 1.33 bits per heavy atom. The topological polar surface area (TPSA) is 185 Å². The maximum atomic E-state index is 16.3. The highest BCUT2D eigenvalue weighted by Gasteiger charge is 2.58. The summed E-state index contributed by atoms with van der Waals surface area (Å²) in [6.07, 6.45) is 3.34. The minimum Gasteiger partial charge on any atom is -0.462 e. The average Bonchev–Trinajstić information content (AvgIpc) is 3.62. The van der Waals surface area contributed by atoms with Crippen molar-refractivity contribution in [2.75, 3.05) is 17.7 Å². The number of anilines is 2. The number of benzene rings is 1. The van der Waals surface area contributed by atoms with Crippen LogP contribution in [0.5, 0.6) is 5.75 Å². The van der Waals surface area contributed by atoms with Gasteiger partial charge in [-0.1, -0.05) is 24.1 Å². The van der Waals surface area contributed by atoms with Crippen LogP contribution in [0, 0.1) is 12.3 Å². The van der Waals surface area contributed by atoms with Gasteiger partial charge in [0.15, 0.2) is 23.2 Å². The number of fused-ring (bicyclic) bond motifs is 1. The van der Waals surface area contributed by atoms with Gasteiger partial charge in [0, 0.05) is 6.04 Å². The number of imidazole rings is 1. The van der Waals surface area contributed by atoms with Gasteiger partial charge in [0.25, 0.3) is 0 Å². The van der Waals surface area contributed by atoms with Crippen LogP contribution >= 0.6 is 7.75 Å². The maximum absolute atomic E-state index is 16.3. The highest BCUT2D eigenvalue weighted by molar-refractivity contribution is 7.52. The summed E-state index contributed by atoms with van der Waals surface area (Å²) in [5, 5.41) is 16.7. The van der Waals surface area contributed by atoms with Gasteiger partial charge in [0.2, 0.25) is 11.6 Å². The Hall–Kier alpha value is -3.80.